The van der Waals surface area contributed by atoms with E-state index in [1.165, 1.54) is 4.90 Å². The van der Waals surface area contributed by atoms with Crippen molar-refractivity contribution < 1.29 is 21.8 Å². The Bertz CT molecular complexity index is 330. The lowest BCUT2D eigenvalue weighted by molar-refractivity contribution is -0.128. The Morgan fingerprint density at radius 2 is 2.27 bits per heavy atom. The number of carbonyl (C=O) groups excluding carboxylic acids is 1. The van der Waals surface area contributed by atoms with E-state index in [0.717, 1.165) is 0 Å². The third-order valence-corrected chi connectivity index (χ3v) is 3.40. The molecular formula is C8H14FNO4S. The molecule has 1 amide bonds. The molecule has 0 N–H and O–H groups in total. The van der Waals surface area contributed by atoms with Crippen LogP contribution >= 0.6 is 0 Å². The molecule has 0 aromatic heterocycles. The predicted molar refractivity (Wildman–Crippen MR) is 51.5 cm³/mol. The molecule has 0 bridgehead atoms. The zero-order chi connectivity index (χ0) is 11.5. The van der Waals surface area contributed by atoms with Crippen LogP contribution in [0.5, 0.6) is 0 Å². The van der Waals surface area contributed by atoms with Gasteiger partial charge in [-0.15, -0.1) is 3.89 Å². The topological polar surface area (TPSA) is 63.7 Å². The number of hydrogen-bond donors (Lipinski definition) is 0. The molecule has 1 rings (SSSR count). The van der Waals surface area contributed by atoms with Gasteiger partial charge in [-0.05, 0) is 6.92 Å². The number of nitrogens with zero attached hydrogens (tertiary/aromatic N) is 1. The van der Waals surface area contributed by atoms with Crippen LogP contribution in [0, 0.1) is 0 Å². The highest BCUT2D eigenvalue weighted by Crippen LogP contribution is 2.19. The van der Waals surface area contributed by atoms with Crippen molar-refractivity contribution in [3.8, 4) is 0 Å². The van der Waals surface area contributed by atoms with Crippen LogP contribution in [0.3, 0.4) is 0 Å². The van der Waals surface area contributed by atoms with Crippen molar-refractivity contribution in [2.24, 2.45) is 0 Å². The minimum atomic E-state index is -4.60. The first-order chi connectivity index (χ1) is 6.95. The van der Waals surface area contributed by atoms with E-state index in [1.54, 1.807) is 0 Å². The SMILES string of the molecule is CCOCCN1CC(S(=O)(=O)F)CC1=O. The molecule has 0 spiro atoms. The van der Waals surface area contributed by atoms with Gasteiger partial charge in [0.05, 0.1) is 6.61 Å². The van der Waals surface area contributed by atoms with E-state index in [0.29, 0.717) is 19.8 Å². The molecule has 1 aliphatic rings. The molecule has 7 heteroatoms. The van der Waals surface area contributed by atoms with Gasteiger partial charge in [0.1, 0.15) is 5.25 Å². The molecule has 1 heterocycles. The van der Waals surface area contributed by atoms with Crippen molar-refractivity contribution in [1.29, 1.82) is 0 Å². The van der Waals surface area contributed by atoms with Crippen molar-refractivity contribution in [2.75, 3.05) is 26.3 Å². The highest BCUT2D eigenvalue weighted by atomic mass is 32.3. The van der Waals surface area contributed by atoms with Crippen LogP contribution in [0.4, 0.5) is 3.89 Å². The van der Waals surface area contributed by atoms with Gasteiger partial charge in [-0.3, -0.25) is 4.79 Å². The summed E-state index contributed by atoms with van der Waals surface area (Å²) in [6.45, 7) is 2.96. The van der Waals surface area contributed by atoms with Crippen molar-refractivity contribution in [3.05, 3.63) is 0 Å². The molecular weight excluding hydrogens is 225 g/mol. The van der Waals surface area contributed by atoms with Crippen molar-refractivity contribution in [3.63, 3.8) is 0 Å². The molecule has 0 aromatic rings. The molecule has 1 unspecified atom stereocenters. The number of carbonyl (C=O) groups is 1. The summed E-state index contributed by atoms with van der Waals surface area (Å²) >= 11 is 0. The Hall–Kier alpha value is -0.690. The Morgan fingerprint density at radius 1 is 1.60 bits per heavy atom. The maximum absolute atomic E-state index is 12.6. The predicted octanol–water partition coefficient (Wildman–Crippen LogP) is -0.0769. The van der Waals surface area contributed by atoms with Crippen molar-refractivity contribution >= 4 is 16.1 Å². The summed E-state index contributed by atoms with van der Waals surface area (Å²) in [5, 5.41) is -1.20. The van der Waals surface area contributed by atoms with Crippen LogP contribution in [0.15, 0.2) is 0 Å². The molecule has 1 atom stereocenters. The average Bonchev–Trinajstić information content (AvgIpc) is 2.48. The summed E-state index contributed by atoms with van der Waals surface area (Å²) in [6, 6.07) is 0. The lowest BCUT2D eigenvalue weighted by Gasteiger charge is -2.15. The van der Waals surface area contributed by atoms with E-state index in [1.807, 2.05) is 6.92 Å². The second-order valence-corrected chi connectivity index (χ2v) is 4.96. The maximum atomic E-state index is 12.6. The normalized spacial score (nSPS) is 22.4. The summed E-state index contributed by atoms with van der Waals surface area (Å²) in [7, 11) is -4.60. The fourth-order valence-corrected chi connectivity index (χ4v) is 2.16. The smallest absolute Gasteiger partial charge is 0.307 e. The minimum Gasteiger partial charge on any atom is -0.380 e. The van der Waals surface area contributed by atoms with Crippen LogP contribution in [0.25, 0.3) is 0 Å². The number of likely N-dealkylation sites (tertiary alicyclic amines) is 1. The monoisotopic (exact) mass is 239 g/mol. The van der Waals surface area contributed by atoms with Gasteiger partial charge in [0.15, 0.2) is 0 Å². The van der Waals surface area contributed by atoms with Gasteiger partial charge in [-0.1, -0.05) is 0 Å². The number of halogens is 1. The van der Waals surface area contributed by atoms with Crippen LogP contribution in [-0.4, -0.2) is 50.8 Å². The second-order valence-electron chi connectivity index (χ2n) is 3.34. The largest absolute Gasteiger partial charge is 0.380 e. The van der Waals surface area contributed by atoms with E-state index < -0.39 is 15.5 Å². The van der Waals surface area contributed by atoms with Gasteiger partial charge >= 0.3 is 10.2 Å². The minimum absolute atomic E-state index is 0.0647. The molecule has 15 heavy (non-hydrogen) atoms. The molecule has 0 radical (unpaired) electrons. The first-order valence-corrected chi connectivity index (χ1v) is 6.18. The molecule has 0 aromatic carbocycles. The molecule has 88 valence electrons. The number of hydrogen-bond acceptors (Lipinski definition) is 4. The summed E-state index contributed by atoms with van der Waals surface area (Å²) < 4.78 is 38.8. The Balaban J connectivity index is 2.46. The third kappa shape index (κ3) is 3.42. The quantitative estimate of drug-likeness (QED) is 0.497. The highest BCUT2D eigenvalue weighted by Gasteiger charge is 2.37. The number of ether oxygens (including phenoxy) is 1. The van der Waals surface area contributed by atoms with Crippen LogP contribution in [-0.2, 0) is 19.8 Å². The van der Waals surface area contributed by atoms with Gasteiger partial charge < -0.3 is 9.64 Å². The summed E-state index contributed by atoms with van der Waals surface area (Å²) in [4.78, 5) is 12.6. The zero-order valence-electron chi connectivity index (χ0n) is 8.48. The van der Waals surface area contributed by atoms with Gasteiger partial charge in [0.25, 0.3) is 0 Å². The molecule has 0 aliphatic carbocycles. The standard InChI is InChI=1S/C8H14FNO4S/c1-2-14-4-3-10-6-7(5-8(10)11)15(9,12)13/h7H,2-6H2,1H3. The second kappa shape index (κ2) is 4.89. The lowest BCUT2D eigenvalue weighted by atomic mass is 10.4. The molecule has 0 saturated carbocycles. The van der Waals surface area contributed by atoms with Crippen molar-refractivity contribution in [1.82, 2.24) is 4.90 Å². The fraction of sp³-hybridized carbons (Fsp3) is 0.875. The van der Waals surface area contributed by atoms with E-state index in [9.17, 15) is 17.1 Å². The summed E-state index contributed by atoms with van der Waals surface area (Å²) in [6.07, 6.45) is -0.259. The van der Waals surface area contributed by atoms with Gasteiger partial charge in [-0.2, -0.15) is 8.42 Å². The van der Waals surface area contributed by atoms with Crippen molar-refractivity contribution in [2.45, 2.75) is 18.6 Å². The molecule has 5 nitrogen and oxygen atoms in total. The van der Waals surface area contributed by atoms with Gasteiger partial charge in [0, 0.05) is 26.1 Å². The summed E-state index contributed by atoms with van der Waals surface area (Å²) in [5.41, 5.74) is 0. The Morgan fingerprint density at radius 3 is 2.73 bits per heavy atom. The Labute approximate surface area is 88.4 Å². The van der Waals surface area contributed by atoms with Crippen LogP contribution in [0.2, 0.25) is 0 Å². The van der Waals surface area contributed by atoms with Gasteiger partial charge in [-0.25, -0.2) is 0 Å². The molecule has 1 saturated heterocycles. The third-order valence-electron chi connectivity index (χ3n) is 2.29. The first-order valence-electron chi connectivity index (χ1n) is 4.74. The molecule has 1 fully saturated rings. The summed E-state index contributed by atoms with van der Waals surface area (Å²) in [5.74, 6) is -0.332. The Kier molecular flexibility index (Phi) is 4.04. The molecule has 1 aliphatic heterocycles. The van der Waals surface area contributed by atoms with Crippen LogP contribution < -0.4 is 0 Å². The van der Waals surface area contributed by atoms with E-state index in [2.05, 4.69) is 0 Å². The van der Waals surface area contributed by atoms with Gasteiger partial charge in [0.2, 0.25) is 5.91 Å². The fourth-order valence-electron chi connectivity index (χ4n) is 1.46. The number of amides is 1. The highest BCUT2D eigenvalue weighted by molar-refractivity contribution is 7.87. The maximum Gasteiger partial charge on any atom is 0.307 e. The first kappa shape index (κ1) is 12.4. The zero-order valence-corrected chi connectivity index (χ0v) is 9.30. The average molecular weight is 239 g/mol. The van der Waals surface area contributed by atoms with Crippen LogP contribution in [0.1, 0.15) is 13.3 Å². The van der Waals surface area contributed by atoms with E-state index in [4.69, 9.17) is 4.74 Å². The van der Waals surface area contributed by atoms with E-state index in [-0.39, 0.29) is 18.9 Å². The lowest BCUT2D eigenvalue weighted by Crippen LogP contribution is -2.30. The van der Waals surface area contributed by atoms with E-state index >= 15 is 0 Å². The number of rotatable bonds is 5.